The molecule has 0 radical (unpaired) electrons. The van der Waals surface area contributed by atoms with E-state index in [-0.39, 0.29) is 17.7 Å². The van der Waals surface area contributed by atoms with Crippen molar-refractivity contribution < 1.29 is 9.53 Å². The molecular weight excluding hydrogens is 338 g/mol. The third-order valence-corrected chi connectivity index (χ3v) is 6.67. The van der Waals surface area contributed by atoms with Gasteiger partial charge in [-0.1, -0.05) is 20.3 Å². The van der Waals surface area contributed by atoms with Crippen molar-refractivity contribution in [3.8, 4) is 5.75 Å². The van der Waals surface area contributed by atoms with Crippen molar-refractivity contribution in [1.29, 1.82) is 0 Å². The van der Waals surface area contributed by atoms with Gasteiger partial charge in [0, 0.05) is 38.0 Å². The first-order valence-corrected chi connectivity index (χ1v) is 10.4. The maximum absolute atomic E-state index is 12.1. The Hall–Kier alpha value is -1.88. The quantitative estimate of drug-likeness (QED) is 0.816. The van der Waals surface area contributed by atoms with Gasteiger partial charge in [-0.05, 0) is 55.5 Å². The van der Waals surface area contributed by atoms with Crippen molar-refractivity contribution >= 4 is 11.6 Å². The maximum Gasteiger partial charge on any atom is 0.245 e. The molecule has 2 heterocycles. The number of piperidine rings is 1. The molecule has 5 heteroatoms. The van der Waals surface area contributed by atoms with Crippen molar-refractivity contribution in [1.82, 2.24) is 9.91 Å². The molecule has 2 unspecified atom stereocenters. The molecule has 1 saturated carbocycles. The first kappa shape index (κ1) is 18.5. The fourth-order valence-corrected chi connectivity index (χ4v) is 4.38. The van der Waals surface area contributed by atoms with Crippen LogP contribution in [0.1, 0.15) is 51.5 Å². The Bertz CT molecular complexity index is 703. The lowest BCUT2D eigenvalue weighted by Gasteiger charge is -2.41. The van der Waals surface area contributed by atoms with Crippen molar-refractivity contribution in [2.75, 3.05) is 20.1 Å². The summed E-state index contributed by atoms with van der Waals surface area (Å²) in [5.74, 6) is 1.09. The van der Waals surface area contributed by atoms with Gasteiger partial charge < -0.3 is 9.64 Å². The predicted molar refractivity (Wildman–Crippen MR) is 107 cm³/mol. The average Bonchev–Trinajstić information content (AvgIpc) is 2.64. The standard InChI is InChI=1S/C22H31N3O2/c1-15-16(2)22(26)24(3)23-21(15)17-7-9-19(10-8-17)27-20-11-13-25(14-12-20)18-5-4-6-18/h7-10,15-16,18,20H,4-6,11-14H2,1-3H3. The monoisotopic (exact) mass is 369 g/mol. The zero-order chi connectivity index (χ0) is 19.0. The van der Waals surface area contributed by atoms with Crippen LogP contribution >= 0.6 is 0 Å². The summed E-state index contributed by atoms with van der Waals surface area (Å²) >= 11 is 0. The maximum atomic E-state index is 12.1. The van der Waals surface area contributed by atoms with Crippen LogP contribution in [-0.4, -0.2) is 53.8 Å². The smallest absolute Gasteiger partial charge is 0.245 e. The second-order valence-electron chi connectivity index (χ2n) is 8.39. The molecule has 0 aromatic heterocycles. The molecule has 5 nitrogen and oxygen atoms in total. The molecule has 1 aliphatic carbocycles. The normalized spacial score (nSPS) is 28.0. The van der Waals surface area contributed by atoms with Crippen LogP contribution in [0.2, 0.25) is 0 Å². The fraction of sp³-hybridized carbons (Fsp3) is 0.636. The Morgan fingerprint density at radius 3 is 2.26 bits per heavy atom. The van der Waals surface area contributed by atoms with E-state index in [4.69, 9.17) is 4.74 Å². The molecule has 146 valence electrons. The summed E-state index contributed by atoms with van der Waals surface area (Å²) < 4.78 is 6.23. The molecule has 0 spiro atoms. The Kier molecular flexibility index (Phi) is 5.22. The lowest BCUT2D eigenvalue weighted by atomic mass is 9.86. The molecule has 2 aliphatic heterocycles. The van der Waals surface area contributed by atoms with Crippen LogP contribution in [-0.2, 0) is 4.79 Å². The van der Waals surface area contributed by atoms with E-state index in [2.05, 4.69) is 29.1 Å². The third-order valence-electron chi connectivity index (χ3n) is 6.67. The van der Waals surface area contributed by atoms with E-state index >= 15 is 0 Å². The minimum absolute atomic E-state index is 0.0423. The minimum atomic E-state index is -0.0423. The summed E-state index contributed by atoms with van der Waals surface area (Å²) in [5, 5.41) is 5.98. The number of ether oxygens (including phenoxy) is 1. The molecule has 4 rings (SSSR count). The van der Waals surface area contributed by atoms with E-state index in [0.29, 0.717) is 6.10 Å². The van der Waals surface area contributed by atoms with Gasteiger partial charge in [-0.2, -0.15) is 5.10 Å². The Labute approximate surface area is 162 Å². The molecule has 2 fully saturated rings. The first-order chi connectivity index (χ1) is 13.0. The second-order valence-corrected chi connectivity index (χ2v) is 8.39. The highest BCUT2D eigenvalue weighted by Crippen LogP contribution is 2.29. The van der Waals surface area contributed by atoms with Crippen LogP contribution in [0.25, 0.3) is 0 Å². The number of carbonyl (C=O) groups is 1. The zero-order valence-corrected chi connectivity index (χ0v) is 16.7. The highest BCUT2D eigenvalue weighted by molar-refractivity contribution is 6.06. The van der Waals surface area contributed by atoms with E-state index in [0.717, 1.165) is 35.9 Å². The Morgan fingerprint density at radius 2 is 1.67 bits per heavy atom. The van der Waals surface area contributed by atoms with Gasteiger partial charge in [0.2, 0.25) is 5.91 Å². The van der Waals surface area contributed by atoms with Gasteiger partial charge in [0.15, 0.2) is 0 Å². The highest BCUT2D eigenvalue weighted by atomic mass is 16.5. The van der Waals surface area contributed by atoms with Crippen LogP contribution < -0.4 is 4.74 Å². The molecule has 3 aliphatic rings. The number of rotatable bonds is 4. The van der Waals surface area contributed by atoms with Gasteiger partial charge in [0.05, 0.1) is 5.71 Å². The number of amides is 1. The molecular formula is C22H31N3O2. The molecule has 0 bridgehead atoms. The van der Waals surface area contributed by atoms with Gasteiger partial charge in [-0.15, -0.1) is 0 Å². The van der Waals surface area contributed by atoms with E-state index < -0.39 is 0 Å². The third kappa shape index (κ3) is 3.75. The lowest BCUT2D eigenvalue weighted by Crippen LogP contribution is -2.46. The lowest BCUT2D eigenvalue weighted by molar-refractivity contribution is -0.135. The molecule has 2 atom stereocenters. The number of nitrogens with zero attached hydrogens (tertiary/aromatic N) is 3. The Balaban J connectivity index is 1.37. The first-order valence-electron chi connectivity index (χ1n) is 10.4. The van der Waals surface area contributed by atoms with Crippen LogP contribution in [0.3, 0.4) is 0 Å². The number of hydrazone groups is 1. The summed E-state index contributed by atoms with van der Waals surface area (Å²) in [6, 6.07) is 9.08. The minimum Gasteiger partial charge on any atom is -0.490 e. The topological polar surface area (TPSA) is 45.1 Å². The van der Waals surface area contributed by atoms with Crippen molar-refractivity contribution in [3.63, 3.8) is 0 Å². The van der Waals surface area contributed by atoms with E-state index in [1.807, 2.05) is 19.1 Å². The van der Waals surface area contributed by atoms with Gasteiger partial charge >= 0.3 is 0 Å². The predicted octanol–water partition coefficient (Wildman–Crippen LogP) is 3.53. The Morgan fingerprint density at radius 1 is 1.00 bits per heavy atom. The zero-order valence-electron chi connectivity index (χ0n) is 16.7. The van der Waals surface area contributed by atoms with Gasteiger partial charge in [-0.3, -0.25) is 4.79 Å². The molecule has 0 N–H and O–H groups in total. The summed E-state index contributed by atoms with van der Waals surface area (Å²) in [6.07, 6.45) is 6.73. The van der Waals surface area contributed by atoms with Crippen molar-refractivity contribution in [2.24, 2.45) is 16.9 Å². The molecule has 1 saturated heterocycles. The number of likely N-dealkylation sites (tertiary alicyclic amines) is 1. The summed E-state index contributed by atoms with van der Waals surface area (Å²) in [4.78, 5) is 14.7. The molecule has 1 aromatic carbocycles. The van der Waals surface area contributed by atoms with Crippen molar-refractivity contribution in [3.05, 3.63) is 29.8 Å². The van der Waals surface area contributed by atoms with Crippen LogP contribution in [0.15, 0.2) is 29.4 Å². The largest absolute Gasteiger partial charge is 0.490 e. The summed E-state index contributed by atoms with van der Waals surface area (Å²) in [6.45, 7) is 6.39. The SMILES string of the molecule is CC1C(=O)N(C)N=C(c2ccc(OC3CCN(C4CCC4)CC3)cc2)C1C. The van der Waals surface area contributed by atoms with Gasteiger partial charge in [-0.25, -0.2) is 5.01 Å². The van der Waals surface area contributed by atoms with Gasteiger partial charge in [0.1, 0.15) is 11.9 Å². The molecule has 27 heavy (non-hydrogen) atoms. The van der Waals surface area contributed by atoms with Gasteiger partial charge in [0.25, 0.3) is 0 Å². The van der Waals surface area contributed by atoms with E-state index in [1.54, 1.807) is 7.05 Å². The highest BCUT2D eigenvalue weighted by Gasteiger charge is 2.33. The summed E-state index contributed by atoms with van der Waals surface area (Å²) in [5.41, 5.74) is 2.05. The molecule has 1 amide bonds. The van der Waals surface area contributed by atoms with E-state index in [9.17, 15) is 4.79 Å². The number of hydrogen-bond acceptors (Lipinski definition) is 4. The number of benzene rings is 1. The average molecular weight is 370 g/mol. The van der Waals surface area contributed by atoms with E-state index in [1.165, 1.54) is 37.4 Å². The number of hydrogen-bond donors (Lipinski definition) is 0. The van der Waals surface area contributed by atoms with Crippen LogP contribution in [0.5, 0.6) is 5.75 Å². The van der Waals surface area contributed by atoms with Crippen molar-refractivity contribution in [2.45, 2.75) is 58.1 Å². The number of carbonyl (C=O) groups excluding carboxylic acids is 1. The van der Waals surface area contributed by atoms with Crippen LogP contribution in [0, 0.1) is 11.8 Å². The molecule has 1 aromatic rings. The summed E-state index contributed by atoms with van der Waals surface area (Å²) in [7, 11) is 1.73. The van der Waals surface area contributed by atoms with Crippen LogP contribution in [0.4, 0.5) is 0 Å². The fourth-order valence-electron chi connectivity index (χ4n) is 4.38. The second kappa shape index (κ2) is 7.63.